The first kappa shape index (κ1) is 31.9. The summed E-state index contributed by atoms with van der Waals surface area (Å²) in [5.41, 5.74) is 3.05. The van der Waals surface area contributed by atoms with E-state index in [1.807, 2.05) is 17.0 Å². The molecule has 46 heavy (non-hydrogen) atoms. The fourth-order valence-corrected chi connectivity index (χ4v) is 6.73. The number of piperazine rings is 2. The maximum Gasteiger partial charge on any atom is 0.254 e. The van der Waals surface area contributed by atoms with E-state index in [-0.39, 0.29) is 35.7 Å². The van der Waals surface area contributed by atoms with Crippen LogP contribution in [0.4, 0.5) is 14.5 Å². The highest BCUT2D eigenvalue weighted by molar-refractivity contribution is 5.98. The molecule has 0 bridgehead atoms. The van der Waals surface area contributed by atoms with E-state index in [2.05, 4.69) is 29.4 Å². The van der Waals surface area contributed by atoms with Gasteiger partial charge in [0.05, 0.1) is 0 Å². The van der Waals surface area contributed by atoms with Crippen molar-refractivity contribution in [3.63, 3.8) is 0 Å². The van der Waals surface area contributed by atoms with E-state index < -0.39 is 5.82 Å². The van der Waals surface area contributed by atoms with Crippen LogP contribution in [-0.2, 0) is 0 Å². The topological polar surface area (TPSA) is 77.2 Å². The highest BCUT2D eigenvalue weighted by atomic mass is 19.1. The first-order valence-electron chi connectivity index (χ1n) is 16.4. The molecule has 8 nitrogen and oxygen atoms in total. The molecule has 2 N–H and O–H groups in total. The van der Waals surface area contributed by atoms with Gasteiger partial charge in [-0.3, -0.25) is 9.59 Å². The Hall–Kier alpha value is -4.02. The standard InChI is InChI=1S/C36H43F2N5O3/c1-24(2)17-31-23-42(35(44)27-18-29(38)21-30(19-27)41-13-11-39-12-14-41)15-16-43(31)36(45)26-5-8-34(46-32-9-10-40-22-32)33(20-26)25-3-6-28(37)7-4-25/h3-8,18-21,24,31-32,39-40H,9-17,22-23H2,1-2H3/t31?,32-/m0/s1. The molecule has 0 aromatic heterocycles. The molecule has 3 saturated heterocycles. The number of carbonyl (C=O) groups is 2. The van der Waals surface area contributed by atoms with E-state index in [1.54, 1.807) is 29.2 Å². The van der Waals surface area contributed by atoms with E-state index >= 15 is 0 Å². The summed E-state index contributed by atoms with van der Waals surface area (Å²) in [6, 6.07) is 16.1. The van der Waals surface area contributed by atoms with Crippen LogP contribution in [0.1, 0.15) is 47.4 Å². The summed E-state index contributed by atoms with van der Waals surface area (Å²) in [5, 5.41) is 6.61. The smallest absolute Gasteiger partial charge is 0.254 e. The zero-order valence-corrected chi connectivity index (χ0v) is 26.6. The van der Waals surface area contributed by atoms with Gasteiger partial charge < -0.3 is 30.1 Å². The second kappa shape index (κ2) is 14.2. The molecular weight excluding hydrogens is 588 g/mol. The summed E-state index contributed by atoms with van der Waals surface area (Å²) in [6.07, 6.45) is 1.62. The molecule has 0 radical (unpaired) electrons. The summed E-state index contributed by atoms with van der Waals surface area (Å²) >= 11 is 0. The van der Waals surface area contributed by atoms with Crippen LogP contribution in [-0.4, -0.2) is 92.7 Å². The number of anilines is 1. The van der Waals surface area contributed by atoms with E-state index in [0.717, 1.165) is 56.8 Å². The van der Waals surface area contributed by atoms with Gasteiger partial charge >= 0.3 is 0 Å². The van der Waals surface area contributed by atoms with Gasteiger partial charge in [-0.2, -0.15) is 0 Å². The maximum absolute atomic E-state index is 14.7. The van der Waals surface area contributed by atoms with Crippen molar-refractivity contribution in [1.82, 2.24) is 20.4 Å². The minimum atomic E-state index is -0.430. The van der Waals surface area contributed by atoms with Crippen LogP contribution in [0.3, 0.4) is 0 Å². The molecule has 244 valence electrons. The third-order valence-electron chi connectivity index (χ3n) is 9.08. The zero-order chi connectivity index (χ0) is 32.2. The fourth-order valence-electron chi connectivity index (χ4n) is 6.73. The largest absolute Gasteiger partial charge is 0.488 e. The Balaban J connectivity index is 1.23. The minimum Gasteiger partial charge on any atom is -0.488 e. The van der Waals surface area contributed by atoms with Crippen LogP contribution >= 0.6 is 0 Å². The van der Waals surface area contributed by atoms with Gasteiger partial charge in [0, 0.05) is 80.8 Å². The highest BCUT2D eigenvalue weighted by Gasteiger charge is 2.34. The molecule has 0 spiro atoms. The number of nitrogens with zero attached hydrogens (tertiary/aromatic N) is 3. The van der Waals surface area contributed by atoms with Crippen LogP contribution in [0.15, 0.2) is 60.7 Å². The second-order valence-corrected chi connectivity index (χ2v) is 12.9. The lowest BCUT2D eigenvalue weighted by atomic mass is 9.97. The summed E-state index contributed by atoms with van der Waals surface area (Å²) < 4.78 is 34.9. The predicted octanol–water partition coefficient (Wildman–Crippen LogP) is 4.80. The molecule has 2 amide bonds. The second-order valence-electron chi connectivity index (χ2n) is 12.9. The third-order valence-corrected chi connectivity index (χ3v) is 9.08. The van der Waals surface area contributed by atoms with Crippen molar-refractivity contribution >= 4 is 17.5 Å². The highest BCUT2D eigenvalue weighted by Crippen LogP contribution is 2.34. The average Bonchev–Trinajstić information content (AvgIpc) is 3.58. The van der Waals surface area contributed by atoms with Crippen molar-refractivity contribution < 1.29 is 23.1 Å². The first-order chi connectivity index (χ1) is 22.2. The lowest BCUT2D eigenvalue weighted by Gasteiger charge is -2.42. The number of rotatable bonds is 8. The normalized spacial score (nSPS) is 20.3. The predicted molar refractivity (Wildman–Crippen MR) is 175 cm³/mol. The van der Waals surface area contributed by atoms with Gasteiger partial charge in [0.1, 0.15) is 23.5 Å². The van der Waals surface area contributed by atoms with Crippen molar-refractivity contribution in [2.75, 3.05) is 63.8 Å². The molecular formula is C36H43F2N5O3. The van der Waals surface area contributed by atoms with Crippen LogP contribution < -0.4 is 20.3 Å². The van der Waals surface area contributed by atoms with Crippen molar-refractivity contribution in [2.45, 2.75) is 38.8 Å². The molecule has 3 aliphatic rings. The number of halogens is 2. The molecule has 3 aliphatic heterocycles. The van der Waals surface area contributed by atoms with Gasteiger partial charge in [-0.15, -0.1) is 0 Å². The van der Waals surface area contributed by atoms with Crippen LogP contribution in [0, 0.1) is 17.6 Å². The van der Waals surface area contributed by atoms with E-state index in [9.17, 15) is 18.4 Å². The van der Waals surface area contributed by atoms with E-state index in [1.165, 1.54) is 24.3 Å². The van der Waals surface area contributed by atoms with E-state index in [0.29, 0.717) is 48.6 Å². The minimum absolute atomic E-state index is 0.0211. The number of nitrogens with one attached hydrogen (secondary N) is 2. The molecule has 0 saturated carbocycles. The summed E-state index contributed by atoms with van der Waals surface area (Å²) in [5.74, 6) is -0.169. The number of ether oxygens (including phenoxy) is 1. The fraction of sp³-hybridized carbons (Fsp3) is 0.444. The Morgan fingerprint density at radius 2 is 1.63 bits per heavy atom. The monoisotopic (exact) mass is 631 g/mol. The number of carbonyl (C=O) groups excluding carboxylic acids is 2. The Morgan fingerprint density at radius 1 is 0.848 bits per heavy atom. The molecule has 3 aromatic carbocycles. The molecule has 3 fully saturated rings. The molecule has 3 heterocycles. The van der Waals surface area contributed by atoms with Crippen molar-refractivity contribution in [2.24, 2.45) is 5.92 Å². The number of hydrogen-bond acceptors (Lipinski definition) is 6. The molecule has 3 aromatic rings. The van der Waals surface area contributed by atoms with Gasteiger partial charge in [-0.05, 0) is 79.4 Å². The van der Waals surface area contributed by atoms with Crippen molar-refractivity contribution in [1.29, 1.82) is 0 Å². The van der Waals surface area contributed by atoms with Gasteiger partial charge in [0.25, 0.3) is 11.8 Å². The van der Waals surface area contributed by atoms with Crippen molar-refractivity contribution in [3.8, 4) is 16.9 Å². The van der Waals surface area contributed by atoms with Gasteiger partial charge in [0.15, 0.2) is 0 Å². The van der Waals surface area contributed by atoms with Gasteiger partial charge in [0.2, 0.25) is 0 Å². The quantitative estimate of drug-likeness (QED) is 0.372. The summed E-state index contributed by atoms with van der Waals surface area (Å²) in [7, 11) is 0. The molecule has 0 aliphatic carbocycles. The molecule has 6 rings (SSSR count). The number of amides is 2. The Bertz CT molecular complexity index is 1540. The molecule has 1 unspecified atom stereocenters. The Morgan fingerprint density at radius 3 is 2.35 bits per heavy atom. The lowest BCUT2D eigenvalue weighted by molar-refractivity contribution is 0.0351. The van der Waals surface area contributed by atoms with Crippen LogP contribution in [0.2, 0.25) is 0 Å². The van der Waals surface area contributed by atoms with Crippen LogP contribution in [0.25, 0.3) is 11.1 Å². The Kier molecular flexibility index (Phi) is 9.84. The number of benzene rings is 3. The SMILES string of the molecule is CC(C)CC1CN(C(=O)c2cc(F)cc(N3CCNCC3)c2)CCN1C(=O)c1ccc(O[C@H]2CCNC2)c(-c2ccc(F)cc2)c1. The number of hydrogen-bond donors (Lipinski definition) is 2. The van der Waals surface area contributed by atoms with Gasteiger partial charge in [-0.1, -0.05) is 26.0 Å². The lowest BCUT2D eigenvalue weighted by Crippen LogP contribution is -2.57. The molecule has 10 heteroatoms. The van der Waals surface area contributed by atoms with Crippen LogP contribution in [0.5, 0.6) is 5.75 Å². The third kappa shape index (κ3) is 7.34. The Labute approximate surface area is 269 Å². The van der Waals surface area contributed by atoms with Gasteiger partial charge in [-0.25, -0.2) is 8.78 Å². The summed E-state index contributed by atoms with van der Waals surface area (Å²) in [6.45, 7) is 10.0. The maximum atomic E-state index is 14.7. The van der Waals surface area contributed by atoms with Crippen molar-refractivity contribution in [3.05, 3.63) is 83.4 Å². The first-order valence-corrected chi connectivity index (χ1v) is 16.4. The zero-order valence-electron chi connectivity index (χ0n) is 26.6. The molecule has 2 atom stereocenters. The van der Waals surface area contributed by atoms with E-state index in [4.69, 9.17) is 4.74 Å². The average molecular weight is 632 g/mol. The summed E-state index contributed by atoms with van der Waals surface area (Å²) in [4.78, 5) is 33.6.